The van der Waals surface area contributed by atoms with Crippen molar-refractivity contribution in [2.24, 2.45) is 5.41 Å². The number of hydrogen-bond donors (Lipinski definition) is 1. The molecule has 1 unspecified atom stereocenters. The summed E-state index contributed by atoms with van der Waals surface area (Å²) in [7, 11) is 0. The molecule has 5 heteroatoms. The first kappa shape index (κ1) is 14.3. The van der Waals surface area contributed by atoms with Gasteiger partial charge in [0.25, 0.3) is 0 Å². The van der Waals surface area contributed by atoms with Crippen LogP contribution in [-0.2, 0) is 11.2 Å². The topological polar surface area (TPSA) is 43.1 Å². The summed E-state index contributed by atoms with van der Waals surface area (Å²) < 4.78 is 14.7. The van der Waals surface area contributed by atoms with Crippen LogP contribution in [0, 0.1) is 11.2 Å². The predicted molar refractivity (Wildman–Crippen MR) is 87.4 cm³/mol. The molecule has 1 aromatic rings. The van der Waals surface area contributed by atoms with E-state index in [0.717, 1.165) is 39.5 Å². The Morgan fingerprint density at radius 2 is 2.25 bits per heavy atom. The van der Waals surface area contributed by atoms with E-state index in [1.807, 2.05) is 0 Å². The van der Waals surface area contributed by atoms with E-state index in [2.05, 4.69) is 29.5 Å². The zero-order chi connectivity index (χ0) is 14.7. The van der Waals surface area contributed by atoms with Crippen molar-refractivity contribution in [1.29, 1.82) is 0 Å². The van der Waals surface area contributed by atoms with E-state index >= 15 is 0 Å². The maximum absolute atomic E-state index is 13.9. The Morgan fingerprint density at radius 3 is 2.90 bits per heavy atom. The van der Waals surface area contributed by atoms with Crippen LogP contribution < -0.4 is 5.73 Å². The summed E-state index contributed by atoms with van der Waals surface area (Å²) >= 11 is 8.33. The molecule has 20 heavy (non-hydrogen) atoms. The summed E-state index contributed by atoms with van der Waals surface area (Å²) in [6.45, 7) is 2.11. The second-order valence-electron chi connectivity index (χ2n) is 5.53. The normalized spacial score (nSPS) is 24.9. The second-order valence-corrected chi connectivity index (χ2v) is 6.99. The summed E-state index contributed by atoms with van der Waals surface area (Å²) in [5.41, 5.74) is 8.28. The van der Waals surface area contributed by atoms with E-state index in [0.29, 0.717) is 11.4 Å². The summed E-state index contributed by atoms with van der Waals surface area (Å²) in [5.74, 6) is -0.360. The van der Waals surface area contributed by atoms with E-state index in [9.17, 15) is 9.18 Å². The molecule has 3 rings (SSSR count). The molecular formula is C15H14ClFINO. The highest BCUT2D eigenvalue weighted by molar-refractivity contribution is 14.1. The van der Waals surface area contributed by atoms with Crippen LogP contribution in [0.1, 0.15) is 37.3 Å². The molecule has 1 aromatic carbocycles. The number of carbonyl (C=O) groups excluding carboxylic acids is 1. The molecule has 0 heterocycles. The Bertz CT molecular complexity index is 670. The molecule has 2 aliphatic carbocycles. The average molecular weight is 406 g/mol. The van der Waals surface area contributed by atoms with Crippen molar-refractivity contribution in [2.75, 3.05) is 5.73 Å². The first-order valence-corrected chi connectivity index (χ1v) is 8.07. The van der Waals surface area contributed by atoms with Crippen molar-refractivity contribution < 1.29 is 9.18 Å². The first-order valence-electron chi connectivity index (χ1n) is 6.61. The molecule has 0 aromatic heterocycles. The molecular weight excluding hydrogens is 392 g/mol. The van der Waals surface area contributed by atoms with E-state index < -0.39 is 5.82 Å². The van der Waals surface area contributed by atoms with Gasteiger partial charge in [-0.3, -0.25) is 4.79 Å². The Labute approximate surface area is 135 Å². The van der Waals surface area contributed by atoms with Gasteiger partial charge in [-0.2, -0.15) is 0 Å². The Morgan fingerprint density at radius 1 is 1.55 bits per heavy atom. The zero-order valence-corrected chi connectivity index (χ0v) is 13.9. The van der Waals surface area contributed by atoms with Crippen molar-refractivity contribution in [3.05, 3.63) is 31.6 Å². The van der Waals surface area contributed by atoms with Crippen LogP contribution in [-0.4, -0.2) is 5.78 Å². The van der Waals surface area contributed by atoms with Gasteiger partial charge in [0.05, 0.1) is 14.3 Å². The van der Waals surface area contributed by atoms with E-state index in [1.54, 1.807) is 0 Å². The minimum Gasteiger partial charge on any atom is -0.395 e. The minimum atomic E-state index is -0.504. The van der Waals surface area contributed by atoms with Gasteiger partial charge in [-0.1, -0.05) is 18.5 Å². The number of hydrogen-bond acceptors (Lipinski definition) is 2. The molecule has 0 aliphatic heterocycles. The number of allylic oxidation sites excluding steroid dienone is 2. The van der Waals surface area contributed by atoms with Gasteiger partial charge in [0.1, 0.15) is 5.82 Å². The summed E-state index contributed by atoms with van der Waals surface area (Å²) in [4.78, 5) is 12.0. The van der Waals surface area contributed by atoms with E-state index in [4.69, 9.17) is 17.3 Å². The van der Waals surface area contributed by atoms with Gasteiger partial charge < -0.3 is 5.73 Å². The van der Waals surface area contributed by atoms with Gasteiger partial charge in [0.15, 0.2) is 5.78 Å². The van der Waals surface area contributed by atoms with Gasteiger partial charge in [0.2, 0.25) is 0 Å². The van der Waals surface area contributed by atoms with Crippen molar-refractivity contribution >= 4 is 51.2 Å². The van der Waals surface area contributed by atoms with Crippen LogP contribution in [0.15, 0.2) is 9.65 Å². The maximum atomic E-state index is 13.9. The van der Waals surface area contributed by atoms with Gasteiger partial charge >= 0.3 is 0 Å². The molecule has 0 amide bonds. The van der Waals surface area contributed by atoms with Crippen LogP contribution in [0.5, 0.6) is 0 Å². The Kier molecular flexibility index (Phi) is 3.36. The standard InChI is InChI=1S/C15H14ClFINO/c1-2-15-4-3-10(20)13(18)11(15)7-5-9(17)14(19)12(16)8(7)6-15/h5H,2-4,6,19H2,1H3. The molecule has 106 valence electrons. The molecule has 0 fully saturated rings. The van der Waals surface area contributed by atoms with Gasteiger partial charge in [-0.25, -0.2) is 4.39 Å². The lowest BCUT2D eigenvalue weighted by Gasteiger charge is -2.34. The third-order valence-corrected chi connectivity index (χ3v) is 6.21. The summed E-state index contributed by atoms with van der Waals surface area (Å²) in [6, 6.07) is 1.44. The average Bonchev–Trinajstić information content (AvgIpc) is 2.77. The van der Waals surface area contributed by atoms with Crippen molar-refractivity contribution in [3.63, 3.8) is 0 Å². The fraction of sp³-hybridized carbons (Fsp3) is 0.400. The predicted octanol–water partition coefficient (Wildman–Crippen LogP) is 4.52. The molecule has 1 atom stereocenters. The summed E-state index contributed by atoms with van der Waals surface area (Å²) in [6.07, 6.45) is 3.02. The van der Waals surface area contributed by atoms with E-state index in [1.165, 1.54) is 6.07 Å². The van der Waals surface area contributed by atoms with Crippen LogP contribution in [0.3, 0.4) is 0 Å². The van der Waals surface area contributed by atoms with Crippen molar-refractivity contribution in [3.8, 4) is 0 Å². The van der Waals surface area contributed by atoms with Gasteiger partial charge in [-0.15, -0.1) is 0 Å². The number of Topliss-reactive ketones (excluding diaryl/α,β-unsaturated/α-hetero) is 1. The molecule has 0 saturated carbocycles. The number of nitrogens with two attached hydrogens (primary N) is 1. The van der Waals surface area contributed by atoms with Gasteiger partial charge in [-0.05, 0) is 64.6 Å². The second kappa shape index (κ2) is 4.70. The zero-order valence-electron chi connectivity index (χ0n) is 11.0. The SMILES string of the molecule is CCC12CCC(=O)C(I)=C1c1cc(F)c(N)c(Cl)c1C2. The lowest BCUT2D eigenvalue weighted by Crippen LogP contribution is -2.26. The van der Waals surface area contributed by atoms with E-state index in [-0.39, 0.29) is 16.9 Å². The summed E-state index contributed by atoms with van der Waals surface area (Å²) in [5, 5.41) is 0.311. The third-order valence-electron chi connectivity index (χ3n) is 4.64. The number of anilines is 1. The molecule has 2 N–H and O–H groups in total. The Hall–Kier alpha value is -0.620. The fourth-order valence-electron chi connectivity index (χ4n) is 3.43. The van der Waals surface area contributed by atoms with Crippen LogP contribution in [0.25, 0.3) is 5.57 Å². The number of rotatable bonds is 1. The smallest absolute Gasteiger partial charge is 0.169 e. The highest BCUT2D eigenvalue weighted by Crippen LogP contribution is 2.58. The van der Waals surface area contributed by atoms with Crippen LogP contribution in [0.2, 0.25) is 5.02 Å². The molecule has 2 nitrogen and oxygen atoms in total. The Balaban J connectivity index is 2.34. The molecule has 0 bridgehead atoms. The number of carbonyl (C=O) groups is 1. The maximum Gasteiger partial charge on any atom is 0.169 e. The molecule has 0 spiro atoms. The number of halogens is 3. The third kappa shape index (κ3) is 1.77. The molecule has 0 radical (unpaired) electrons. The lowest BCUT2D eigenvalue weighted by molar-refractivity contribution is -0.115. The van der Waals surface area contributed by atoms with Crippen LogP contribution in [0.4, 0.5) is 10.1 Å². The fourth-order valence-corrected chi connectivity index (χ4v) is 4.82. The first-order chi connectivity index (χ1) is 9.41. The van der Waals surface area contributed by atoms with Gasteiger partial charge in [0, 0.05) is 11.8 Å². The lowest BCUT2D eigenvalue weighted by atomic mass is 9.71. The minimum absolute atomic E-state index is 0.0113. The number of fused-ring (bicyclic) bond motifs is 3. The largest absolute Gasteiger partial charge is 0.395 e. The molecule has 0 saturated heterocycles. The highest BCUT2D eigenvalue weighted by atomic mass is 127. The number of ketones is 1. The molecule has 2 aliphatic rings. The monoisotopic (exact) mass is 405 g/mol. The van der Waals surface area contributed by atoms with Crippen molar-refractivity contribution in [1.82, 2.24) is 0 Å². The quantitative estimate of drug-likeness (QED) is 0.551. The number of benzene rings is 1. The van der Waals surface area contributed by atoms with Crippen LogP contribution >= 0.6 is 34.2 Å². The van der Waals surface area contributed by atoms with Crippen molar-refractivity contribution in [2.45, 2.75) is 32.6 Å². The highest BCUT2D eigenvalue weighted by Gasteiger charge is 2.46. The number of nitrogen functional groups attached to an aromatic ring is 1.